The Morgan fingerprint density at radius 2 is 1.96 bits per heavy atom. The van der Waals surface area contributed by atoms with E-state index in [2.05, 4.69) is 5.32 Å². The summed E-state index contributed by atoms with van der Waals surface area (Å²) in [5, 5.41) is 12.1. The predicted molar refractivity (Wildman–Crippen MR) is 84.6 cm³/mol. The van der Waals surface area contributed by atoms with Crippen LogP contribution >= 0.6 is 0 Å². The fourth-order valence-corrected chi connectivity index (χ4v) is 2.96. The molecule has 6 heteroatoms. The summed E-state index contributed by atoms with van der Waals surface area (Å²) in [4.78, 5) is 36.8. The number of piperidine rings is 1. The second-order valence-corrected chi connectivity index (χ2v) is 5.80. The summed E-state index contributed by atoms with van der Waals surface area (Å²) in [5.41, 5.74) is 0.833. The summed E-state index contributed by atoms with van der Waals surface area (Å²) in [6.07, 6.45) is 2.17. The molecule has 0 aliphatic carbocycles. The third kappa shape index (κ3) is 4.55. The minimum atomic E-state index is -0.964. The highest BCUT2D eigenvalue weighted by atomic mass is 16.4. The van der Waals surface area contributed by atoms with Gasteiger partial charge in [-0.3, -0.25) is 9.59 Å². The molecule has 0 saturated carbocycles. The fraction of sp³-hybridized carbons (Fsp3) is 0.471. The van der Waals surface area contributed by atoms with Crippen molar-refractivity contribution in [1.29, 1.82) is 0 Å². The Kier molecular flexibility index (Phi) is 5.73. The van der Waals surface area contributed by atoms with Gasteiger partial charge in [0.25, 0.3) is 0 Å². The molecule has 2 atom stereocenters. The van der Waals surface area contributed by atoms with E-state index in [-0.39, 0.29) is 18.2 Å². The van der Waals surface area contributed by atoms with Crippen molar-refractivity contribution in [2.24, 2.45) is 0 Å². The molecule has 0 radical (unpaired) electrons. The van der Waals surface area contributed by atoms with Gasteiger partial charge in [0, 0.05) is 13.5 Å². The number of carbonyl (C=O) groups excluding carboxylic acids is 2. The molecule has 2 N–H and O–H groups in total. The van der Waals surface area contributed by atoms with Gasteiger partial charge in [0.1, 0.15) is 6.04 Å². The lowest BCUT2D eigenvalue weighted by Crippen LogP contribution is -2.48. The van der Waals surface area contributed by atoms with Crippen LogP contribution in [-0.2, 0) is 14.4 Å². The van der Waals surface area contributed by atoms with E-state index in [0.717, 1.165) is 18.4 Å². The third-order valence-corrected chi connectivity index (χ3v) is 4.07. The van der Waals surface area contributed by atoms with Crippen LogP contribution in [0.15, 0.2) is 30.3 Å². The van der Waals surface area contributed by atoms with E-state index in [1.165, 1.54) is 11.8 Å². The van der Waals surface area contributed by atoms with Gasteiger partial charge in [-0.1, -0.05) is 30.3 Å². The largest absolute Gasteiger partial charge is 0.480 e. The standard InChI is InChI=1S/C17H22N2O4/c1-12(20)18-14(13-7-3-2-4-8-13)11-16(21)19-10-6-5-9-15(19)17(22)23/h2-4,7-8,14-15H,5-6,9-11H2,1H3,(H,18,20)(H,22,23)/t14?,15-/m1/s1. The molecular formula is C17H22N2O4. The zero-order chi connectivity index (χ0) is 16.8. The lowest BCUT2D eigenvalue weighted by Gasteiger charge is -2.34. The molecule has 2 rings (SSSR count). The Hall–Kier alpha value is -2.37. The zero-order valence-electron chi connectivity index (χ0n) is 13.2. The summed E-state index contributed by atoms with van der Waals surface area (Å²) >= 11 is 0. The van der Waals surface area contributed by atoms with E-state index in [0.29, 0.717) is 13.0 Å². The number of hydrogen-bond acceptors (Lipinski definition) is 3. The summed E-state index contributed by atoms with van der Waals surface area (Å²) in [6, 6.07) is 8.03. The Morgan fingerprint density at radius 3 is 2.57 bits per heavy atom. The van der Waals surface area contributed by atoms with E-state index < -0.39 is 18.1 Å². The van der Waals surface area contributed by atoms with Crippen molar-refractivity contribution < 1.29 is 19.5 Å². The van der Waals surface area contributed by atoms with E-state index >= 15 is 0 Å². The van der Waals surface area contributed by atoms with Gasteiger partial charge >= 0.3 is 5.97 Å². The van der Waals surface area contributed by atoms with Crippen molar-refractivity contribution in [2.45, 2.75) is 44.7 Å². The molecule has 1 saturated heterocycles. The predicted octanol–water partition coefficient (Wildman–Crippen LogP) is 1.72. The number of likely N-dealkylation sites (tertiary alicyclic amines) is 1. The Bertz CT molecular complexity index is 573. The number of rotatable bonds is 5. The summed E-state index contributed by atoms with van der Waals surface area (Å²) < 4.78 is 0. The maximum absolute atomic E-state index is 12.6. The van der Waals surface area contributed by atoms with Crippen LogP contribution in [0.5, 0.6) is 0 Å². The molecular weight excluding hydrogens is 296 g/mol. The number of nitrogens with zero attached hydrogens (tertiary/aromatic N) is 1. The molecule has 1 aliphatic heterocycles. The van der Waals surface area contributed by atoms with Crippen LogP contribution in [0.4, 0.5) is 0 Å². The monoisotopic (exact) mass is 318 g/mol. The average Bonchev–Trinajstić information content (AvgIpc) is 2.54. The van der Waals surface area contributed by atoms with Gasteiger partial charge < -0.3 is 15.3 Å². The molecule has 1 aliphatic rings. The second kappa shape index (κ2) is 7.76. The highest BCUT2D eigenvalue weighted by molar-refractivity contribution is 5.85. The molecule has 1 aromatic rings. The first-order chi connectivity index (χ1) is 11.0. The van der Waals surface area contributed by atoms with E-state index in [4.69, 9.17) is 0 Å². The molecule has 1 fully saturated rings. The molecule has 0 spiro atoms. The van der Waals surface area contributed by atoms with Crippen LogP contribution in [0.25, 0.3) is 0 Å². The number of aliphatic carboxylic acids is 1. The first-order valence-electron chi connectivity index (χ1n) is 7.83. The summed E-state index contributed by atoms with van der Waals surface area (Å²) in [6.45, 7) is 1.86. The Morgan fingerprint density at radius 1 is 1.26 bits per heavy atom. The van der Waals surface area contributed by atoms with E-state index in [1.807, 2.05) is 30.3 Å². The number of benzene rings is 1. The lowest BCUT2D eigenvalue weighted by molar-refractivity contribution is -0.152. The van der Waals surface area contributed by atoms with Gasteiger partial charge in [-0.05, 0) is 24.8 Å². The van der Waals surface area contributed by atoms with Gasteiger partial charge in [0.2, 0.25) is 11.8 Å². The molecule has 6 nitrogen and oxygen atoms in total. The summed E-state index contributed by atoms with van der Waals surface area (Å²) in [5.74, 6) is -1.42. The normalized spacial score (nSPS) is 19.0. The minimum absolute atomic E-state index is 0.0629. The molecule has 2 amide bonds. The van der Waals surface area contributed by atoms with Crippen molar-refractivity contribution in [1.82, 2.24) is 10.2 Å². The fourth-order valence-electron chi connectivity index (χ4n) is 2.96. The molecule has 1 aromatic carbocycles. The molecule has 0 bridgehead atoms. The number of carbonyl (C=O) groups is 3. The van der Waals surface area contributed by atoms with E-state index in [9.17, 15) is 19.5 Å². The quantitative estimate of drug-likeness (QED) is 0.865. The SMILES string of the molecule is CC(=O)NC(CC(=O)N1CCCC[C@@H]1C(=O)O)c1ccccc1. The van der Waals surface area contributed by atoms with Gasteiger partial charge in [0.05, 0.1) is 12.5 Å². The smallest absolute Gasteiger partial charge is 0.326 e. The first-order valence-corrected chi connectivity index (χ1v) is 7.83. The maximum Gasteiger partial charge on any atom is 0.326 e. The van der Waals surface area contributed by atoms with Crippen molar-refractivity contribution in [3.8, 4) is 0 Å². The van der Waals surface area contributed by atoms with Crippen LogP contribution < -0.4 is 5.32 Å². The number of nitrogens with one attached hydrogen (secondary N) is 1. The lowest BCUT2D eigenvalue weighted by atomic mass is 9.99. The molecule has 0 aromatic heterocycles. The Balaban J connectivity index is 2.13. The second-order valence-electron chi connectivity index (χ2n) is 5.80. The number of amides is 2. The average molecular weight is 318 g/mol. The van der Waals surface area contributed by atoms with Gasteiger partial charge in [-0.2, -0.15) is 0 Å². The molecule has 1 heterocycles. The van der Waals surface area contributed by atoms with Crippen molar-refractivity contribution in [2.75, 3.05) is 6.54 Å². The Labute approximate surface area is 135 Å². The van der Waals surface area contributed by atoms with Crippen LogP contribution in [-0.4, -0.2) is 40.4 Å². The van der Waals surface area contributed by atoms with Crippen LogP contribution in [0.1, 0.15) is 44.2 Å². The highest BCUT2D eigenvalue weighted by Gasteiger charge is 2.33. The number of carboxylic acids is 1. The van der Waals surface area contributed by atoms with Gasteiger partial charge in [-0.15, -0.1) is 0 Å². The van der Waals surface area contributed by atoms with Gasteiger partial charge in [-0.25, -0.2) is 4.79 Å². The maximum atomic E-state index is 12.6. The van der Waals surface area contributed by atoms with Crippen LogP contribution in [0.3, 0.4) is 0 Å². The van der Waals surface area contributed by atoms with Crippen molar-refractivity contribution >= 4 is 17.8 Å². The summed E-state index contributed by atoms with van der Waals surface area (Å²) in [7, 11) is 0. The van der Waals surface area contributed by atoms with Crippen LogP contribution in [0.2, 0.25) is 0 Å². The number of carboxylic acid groups (broad SMARTS) is 1. The molecule has 124 valence electrons. The van der Waals surface area contributed by atoms with Crippen molar-refractivity contribution in [3.05, 3.63) is 35.9 Å². The number of hydrogen-bond donors (Lipinski definition) is 2. The third-order valence-electron chi connectivity index (χ3n) is 4.07. The van der Waals surface area contributed by atoms with Crippen molar-refractivity contribution in [3.63, 3.8) is 0 Å². The highest BCUT2D eigenvalue weighted by Crippen LogP contribution is 2.22. The first kappa shape index (κ1) is 17.0. The van der Waals surface area contributed by atoms with Crippen LogP contribution in [0, 0.1) is 0 Å². The van der Waals surface area contributed by atoms with Gasteiger partial charge in [0.15, 0.2) is 0 Å². The molecule has 23 heavy (non-hydrogen) atoms. The van der Waals surface area contributed by atoms with E-state index in [1.54, 1.807) is 0 Å². The zero-order valence-corrected chi connectivity index (χ0v) is 13.2. The molecule has 1 unspecified atom stereocenters. The minimum Gasteiger partial charge on any atom is -0.480 e. The topological polar surface area (TPSA) is 86.7 Å².